The molecule has 0 saturated carbocycles. The van der Waals surface area contributed by atoms with E-state index in [1.807, 2.05) is 12.2 Å². The summed E-state index contributed by atoms with van der Waals surface area (Å²) in [5.41, 5.74) is 0.292. The zero-order chi connectivity index (χ0) is 17.2. The molecule has 0 aromatic rings. The van der Waals surface area contributed by atoms with E-state index in [4.69, 9.17) is 0 Å². The lowest BCUT2D eigenvalue weighted by molar-refractivity contribution is -0.427. The molecule has 0 aromatic heterocycles. The van der Waals surface area contributed by atoms with Gasteiger partial charge in [-0.25, -0.2) is 0 Å². The lowest BCUT2D eigenvalue weighted by atomic mass is 10.1. The first-order valence-corrected chi connectivity index (χ1v) is 9.00. The molecule has 130 valence electrons. The molecule has 0 aliphatic rings. The van der Waals surface area contributed by atoms with Crippen LogP contribution in [0.25, 0.3) is 0 Å². The molecule has 0 unspecified atom stereocenters. The average molecular weight is 319 g/mol. The van der Waals surface area contributed by atoms with E-state index in [0.717, 1.165) is 19.3 Å². The van der Waals surface area contributed by atoms with Crippen molar-refractivity contribution in [1.82, 2.24) is 0 Å². The van der Waals surface area contributed by atoms with Crippen LogP contribution in [0.1, 0.15) is 78.1 Å². The van der Waals surface area contributed by atoms with Crippen LogP contribution in [0, 0.1) is 10.1 Å². The zero-order valence-electron chi connectivity index (χ0n) is 14.9. The van der Waals surface area contributed by atoms with Gasteiger partial charge in [0.2, 0.25) is 5.70 Å². The number of nitrogens with zero attached hydrogens (tertiary/aromatic N) is 1. The maximum Gasteiger partial charge on any atom is 0.246 e. The van der Waals surface area contributed by atoms with Gasteiger partial charge in [-0.05, 0) is 38.2 Å². The molecule has 23 heavy (non-hydrogen) atoms. The van der Waals surface area contributed by atoms with E-state index in [9.17, 15) is 10.1 Å². The molecule has 3 nitrogen and oxygen atoms in total. The Morgan fingerprint density at radius 2 is 1.43 bits per heavy atom. The lowest BCUT2D eigenvalue weighted by Crippen LogP contribution is -1.97. The van der Waals surface area contributed by atoms with Gasteiger partial charge in [0, 0.05) is 0 Å². The molecule has 0 fully saturated rings. The number of rotatable bonds is 14. The molecule has 0 aliphatic carbocycles. The van der Waals surface area contributed by atoms with E-state index in [2.05, 4.69) is 38.2 Å². The molecule has 0 aromatic carbocycles. The van der Waals surface area contributed by atoms with Gasteiger partial charge in [-0.2, -0.15) is 0 Å². The SMILES string of the molecule is CCCC/C=C\C/C=C\C/C=C(\C/C=C\CCCCC)[N+](=O)[O-]. The number of hydrogen-bond donors (Lipinski definition) is 0. The normalized spacial score (nSPS) is 12.9. The first kappa shape index (κ1) is 21.4. The van der Waals surface area contributed by atoms with Crippen molar-refractivity contribution in [1.29, 1.82) is 0 Å². The number of nitro groups is 1. The summed E-state index contributed by atoms with van der Waals surface area (Å²) >= 11 is 0. The van der Waals surface area contributed by atoms with Gasteiger partial charge in [-0.3, -0.25) is 10.1 Å². The molecule has 0 spiro atoms. The molecule has 0 radical (unpaired) electrons. The fourth-order valence-corrected chi connectivity index (χ4v) is 2.08. The zero-order valence-corrected chi connectivity index (χ0v) is 14.9. The van der Waals surface area contributed by atoms with E-state index >= 15 is 0 Å². The molecule has 0 heterocycles. The highest BCUT2D eigenvalue weighted by atomic mass is 16.6. The Labute approximate surface area is 142 Å². The van der Waals surface area contributed by atoms with E-state index in [0.29, 0.717) is 18.5 Å². The van der Waals surface area contributed by atoms with Gasteiger partial charge in [-0.1, -0.05) is 76.0 Å². The Kier molecular flexibility index (Phi) is 15.5. The molecule has 0 bridgehead atoms. The summed E-state index contributed by atoms with van der Waals surface area (Å²) in [6.45, 7) is 4.36. The monoisotopic (exact) mass is 319 g/mol. The lowest BCUT2D eigenvalue weighted by Gasteiger charge is -1.94. The van der Waals surface area contributed by atoms with Crippen molar-refractivity contribution in [2.24, 2.45) is 0 Å². The van der Waals surface area contributed by atoms with E-state index < -0.39 is 0 Å². The Bertz CT molecular complexity index is 406. The van der Waals surface area contributed by atoms with Gasteiger partial charge < -0.3 is 0 Å². The van der Waals surface area contributed by atoms with E-state index in [1.165, 1.54) is 32.1 Å². The van der Waals surface area contributed by atoms with Crippen molar-refractivity contribution in [3.05, 3.63) is 58.3 Å². The first-order valence-electron chi connectivity index (χ1n) is 9.00. The summed E-state index contributed by atoms with van der Waals surface area (Å²) in [4.78, 5) is 10.7. The highest BCUT2D eigenvalue weighted by molar-refractivity contribution is 5.04. The average Bonchev–Trinajstić information content (AvgIpc) is 2.54. The molecule has 3 heteroatoms. The smallest absolute Gasteiger partial charge is 0.246 e. The van der Waals surface area contributed by atoms with Gasteiger partial charge >= 0.3 is 0 Å². The Balaban J connectivity index is 4.02. The van der Waals surface area contributed by atoms with Crippen molar-refractivity contribution in [3.63, 3.8) is 0 Å². The quantitative estimate of drug-likeness (QED) is 0.154. The maximum atomic E-state index is 11.0. The summed E-state index contributed by atoms with van der Waals surface area (Å²) in [6, 6.07) is 0. The summed E-state index contributed by atoms with van der Waals surface area (Å²) in [7, 11) is 0. The van der Waals surface area contributed by atoms with Crippen LogP contribution in [0.15, 0.2) is 48.2 Å². The second-order valence-corrected chi connectivity index (χ2v) is 5.68. The third kappa shape index (κ3) is 15.0. The molecular weight excluding hydrogens is 286 g/mol. The maximum absolute atomic E-state index is 11.0. The molecule has 0 atom stereocenters. The second-order valence-electron chi connectivity index (χ2n) is 5.68. The highest BCUT2D eigenvalue weighted by Crippen LogP contribution is 2.08. The Hall–Kier alpha value is -1.64. The van der Waals surface area contributed by atoms with Crippen molar-refractivity contribution >= 4 is 0 Å². The fraction of sp³-hybridized carbons (Fsp3) is 0.600. The highest BCUT2D eigenvalue weighted by Gasteiger charge is 2.06. The minimum Gasteiger partial charge on any atom is -0.259 e. The molecule has 0 amide bonds. The van der Waals surface area contributed by atoms with Gasteiger partial charge in [0.05, 0.1) is 11.3 Å². The summed E-state index contributed by atoms with van der Waals surface area (Å²) in [6.07, 6.45) is 24.3. The fourth-order valence-electron chi connectivity index (χ4n) is 2.08. The van der Waals surface area contributed by atoms with Crippen molar-refractivity contribution in [3.8, 4) is 0 Å². The number of allylic oxidation sites excluding steroid dienone is 7. The largest absolute Gasteiger partial charge is 0.259 e. The third-order valence-electron chi connectivity index (χ3n) is 3.52. The molecule has 0 rings (SSSR count). The predicted molar refractivity (Wildman–Crippen MR) is 100 cm³/mol. The minimum absolute atomic E-state index is 0.269. The van der Waals surface area contributed by atoms with Crippen LogP contribution in [0.4, 0.5) is 0 Å². The molecular formula is C20H33NO2. The van der Waals surface area contributed by atoms with Crippen molar-refractivity contribution in [2.75, 3.05) is 0 Å². The van der Waals surface area contributed by atoms with Crippen LogP contribution >= 0.6 is 0 Å². The second kappa shape index (κ2) is 16.7. The third-order valence-corrected chi connectivity index (χ3v) is 3.52. The van der Waals surface area contributed by atoms with E-state index in [-0.39, 0.29) is 4.92 Å². The Morgan fingerprint density at radius 3 is 2.13 bits per heavy atom. The van der Waals surface area contributed by atoms with E-state index in [1.54, 1.807) is 6.08 Å². The van der Waals surface area contributed by atoms with Crippen LogP contribution in [-0.4, -0.2) is 4.92 Å². The Morgan fingerprint density at radius 1 is 0.826 bits per heavy atom. The topological polar surface area (TPSA) is 43.1 Å². The summed E-state index contributed by atoms with van der Waals surface area (Å²) < 4.78 is 0. The standard InChI is InChI=1S/C20H33NO2/c1-3-5-7-9-11-12-13-15-17-19-20(21(22)23)18-16-14-10-8-6-4-2/h9,11,13-16,19H,3-8,10,12,17-18H2,1-2H3/b11-9-,15-13-,16-14-,20-19+. The van der Waals surface area contributed by atoms with Crippen LogP contribution in [0.3, 0.4) is 0 Å². The summed E-state index contributed by atoms with van der Waals surface area (Å²) in [5.74, 6) is 0. The van der Waals surface area contributed by atoms with Crippen LogP contribution in [0.2, 0.25) is 0 Å². The number of hydrogen-bond acceptors (Lipinski definition) is 2. The van der Waals surface area contributed by atoms with Crippen molar-refractivity contribution in [2.45, 2.75) is 78.1 Å². The van der Waals surface area contributed by atoms with Gasteiger partial charge in [0.1, 0.15) is 0 Å². The van der Waals surface area contributed by atoms with Gasteiger partial charge in [-0.15, -0.1) is 0 Å². The van der Waals surface area contributed by atoms with Crippen molar-refractivity contribution < 1.29 is 4.92 Å². The molecule has 0 aliphatic heterocycles. The van der Waals surface area contributed by atoms with Crippen LogP contribution in [-0.2, 0) is 0 Å². The first-order chi connectivity index (χ1) is 11.2. The number of unbranched alkanes of at least 4 members (excludes halogenated alkanes) is 5. The predicted octanol–water partition coefficient (Wildman–Crippen LogP) is 6.76. The van der Waals surface area contributed by atoms with Crippen LogP contribution < -0.4 is 0 Å². The van der Waals surface area contributed by atoms with Crippen LogP contribution in [0.5, 0.6) is 0 Å². The van der Waals surface area contributed by atoms with Gasteiger partial charge in [0.15, 0.2) is 0 Å². The summed E-state index contributed by atoms with van der Waals surface area (Å²) in [5, 5.41) is 11.0. The molecule has 0 saturated heterocycles. The minimum atomic E-state index is -0.269. The van der Waals surface area contributed by atoms with Gasteiger partial charge in [0.25, 0.3) is 0 Å². The molecule has 0 N–H and O–H groups in total.